The summed E-state index contributed by atoms with van der Waals surface area (Å²) in [5, 5.41) is 5.99. The van der Waals surface area contributed by atoms with Gasteiger partial charge >= 0.3 is 0 Å². The Labute approximate surface area is 93.3 Å². The molecule has 0 bridgehead atoms. The summed E-state index contributed by atoms with van der Waals surface area (Å²) in [5.74, 6) is -0.296. The molecule has 5 nitrogen and oxygen atoms in total. The molecule has 1 amide bonds. The maximum atomic E-state index is 11.8. The van der Waals surface area contributed by atoms with Gasteiger partial charge in [0, 0.05) is 18.3 Å². The monoisotopic (exact) mass is 221 g/mol. The van der Waals surface area contributed by atoms with Gasteiger partial charge in [-0.2, -0.15) is 0 Å². The molecule has 0 aliphatic carbocycles. The summed E-state index contributed by atoms with van der Waals surface area (Å²) in [6.07, 6.45) is 0.912. The van der Waals surface area contributed by atoms with E-state index in [1.807, 2.05) is 0 Å². The van der Waals surface area contributed by atoms with Crippen molar-refractivity contribution in [2.45, 2.75) is 19.4 Å². The Morgan fingerprint density at radius 1 is 1.50 bits per heavy atom. The minimum atomic E-state index is -0.330. The lowest BCUT2D eigenvalue weighted by Gasteiger charge is -2.10. The Morgan fingerprint density at radius 3 is 2.94 bits per heavy atom. The molecule has 16 heavy (non-hydrogen) atoms. The lowest BCUT2D eigenvalue weighted by Crippen LogP contribution is -2.38. The number of H-pyrrole nitrogens is 1. The number of amides is 1. The highest BCUT2D eigenvalue weighted by atomic mass is 16.2. The second kappa shape index (κ2) is 4.49. The summed E-state index contributed by atoms with van der Waals surface area (Å²) >= 11 is 0. The van der Waals surface area contributed by atoms with Crippen LogP contribution in [0.5, 0.6) is 0 Å². The Balaban J connectivity index is 2.11. The highest BCUT2D eigenvalue weighted by molar-refractivity contribution is 5.94. The van der Waals surface area contributed by atoms with Gasteiger partial charge in [-0.15, -0.1) is 0 Å². The Bertz CT molecular complexity index is 447. The zero-order valence-electron chi connectivity index (χ0n) is 9.17. The maximum absolute atomic E-state index is 11.8. The van der Waals surface area contributed by atoms with Crippen LogP contribution < -0.4 is 16.2 Å². The number of aromatic amines is 1. The highest BCUT2D eigenvalue weighted by Crippen LogP contribution is 1.99. The predicted octanol–water partition coefficient (Wildman–Crippen LogP) is -0.225. The number of carbonyl (C=O) groups excluding carboxylic acids is 1. The van der Waals surface area contributed by atoms with E-state index in [-0.39, 0.29) is 23.1 Å². The number of aromatic nitrogens is 1. The van der Waals surface area contributed by atoms with Crippen molar-refractivity contribution in [3.63, 3.8) is 0 Å². The summed E-state index contributed by atoms with van der Waals surface area (Å²) in [7, 11) is 0. The Morgan fingerprint density at radius 2 is 2.31 bits per heavy atom. The molecule has 0 saturated carbocycles. The second-order valence-corrected chi connectivity index (χ2v) is 4.05. The largest absolute Gasteiger partial charge is 0.348 e. The third-order valence-corrected chi connectivity index (χ3v) is 2.70. The molecule has 5 heteroatoms. The van der Waals surface area contributed by atoms with E-state index < -0.39 is 0 Å². The normalized spacial score (nSPS) is 19.7. The van der Waals surface area contributed by atoms with Crippen molar-refractivity contribution in [2.75, 3.05) is 13.1 Å². The van der Waals surface area contributed by atoms with Crippen LogP contribution in [0.3, 0.4) is 0 Å². The molecule has 2 heterocycles. The lowest BCUT2D eigenvalue weighted by atomic mass is 10.2. The molecular weight excluding hydrogens is 206 g/mol. The van der Waals surface area contributed by atoms with Crippen LogP contribution in [-0.2, 0) is 0 Å². The number of aryl methyl sites for hydroxylation is 1. The van der Waals surface area contributed by atoms with Crippen molar-refractivity contribution in [1.29, 1.82) is 0 Å². The second-order valence-electron chi connectivity index (χ2n) is 4.05. The van der Waals surface area contributed by atoms with Gasteiger partial charge in [-0.3, -0.25) is 9.59 Å². The van der Waals surface area contributed by atoms with Crippen LogP contribution >= 0.6 is 0 Å². The van der Waals surface area contributed by atoms with Crippen molar-refractivity contribution in [1.82, 2.24) is 15.6 Å². The highest BCUT2D eigenvalue weighted by Gasteiger charge is 2.18. The summed E-state index contributed by atoms with van der Waals surface area (Å²) < 4.78 is 0. The van der Waals surface area contributed by atoms with Gasteiger partial charge in [-0.25, -0.2) is 0 Å². The van der Waals surface area contributed by atoms with Crippen molar-refractivity contribution in [3.8, 4) is 0 Å². The number of rotatable bonds is 2. The number of hydrogen-bond acceptors (Lipinski definition) is 3. The fraction of sp³-hybridized carbons (Fsp3) is 0.455. The number of nitrogens with one attached hydrogen (secondary N) is 3. The predicted molar refractivity (Wildman–Crippen MR) is 60.5 cm³/mol. The van der Waals surface area contributed by atoms with E-state index in [1.165, 1.54) is 0 Å². The quantitative estimate of drug-likeness (QED) is 0.646. The summed E-state index contributed by atoms with van der Waals surface area (Å²) in [6, 6.07) is 3.42. The SMILES string of the molecule is Cc1ccc(C(=O)N[C@H]2CCNC2)c(=O)[nH]1. The molecule has 1 aliphatic rings. The molecule has 1 atom stereocenters. The topological polar surface area (TPSA) is 74.0 Å². The molecule has 86 valence electrons. The molecule has 1 fully saturated rings. The zero-order chi connectivity index (χ0) is 11.5. The van der Waals surface area contributed by atoms with Crippen molar-refractivity contribution in [3.05, 3.63) is 33.7 Å². The first-order valence-corrected chi connectivity index (χ1v) is 5.38. The summed E-state index contributed by atoms with van der Waals surface area (Å²) in [4.78, 5) is 25.9. The maximum Gasteiger partial charge on any atom is 0.260 e. The standard InChI is InChI=1S/C11H15N3O2/c1-7-2-3-9(10(15)13-7)11(16)14-8-4-5-12-6-8/h2-3,8,12H,4-6H2,1H3,(H,13,15)(H,14,16)/t8-/m0/s1. The van der Waals surface area contributed by atoms with Crippen molar-refractivity contribution < 1.29 is 4.79 Å². The average Bonchev–Trinajstić information content (AvgIpc) is 2.70. The van der Waals surface area contributed by atoms with E-state index in [1.54, 1.807) is 19.1 Å². The van der Waals surface area contributed by atoms with E-state index in [4.69, 9.17) is 0 Å². The van der Waals surface area contributed by atoms with Gasteiger partial charge in [0.25, 0.3) is 11.5 Å². The van der Waals surface area contributed by atoms with E-state index in [9.17, 15) is 9.59 Å². The van der Waals surface area contributed by atoms with Gasteiger partial charge in [0.05, 0.1) is 0 Å². The van der Waals surface area contributed by atoms with E-state index in [2.05, 4.69) is 15.6 Å². The van der Waals surface area contributed by atoms with E-state index in [0.29, 0.717) is 0 Å². The Kier molecular flexibility index (Phi) is 3.05. The fourth-order valence-corrected chi connectivity index (χ4v) is 1.79. The van der Waals surface area contributed by atoms with Crippen molar-refractivity contribution >= 4 is 5.91 Å². The van der Waals surface area contributed by atoms with Gasteiger partial charge in [-0.1, -0.05) is 0 Å². The van der Waals surface area contributed by atoms with Crippen molar-refractivity contribution in [2.24, 2.45) is 0 Å². The summed E-state index contributed by atoms with van der Waals surface area (Å²) in [6.45, 7) is 3.47. The Hall–Kier alpha value is -1.62. The first-order chi connectivity index (χ1) is 7.66. The molecule has 0 radical (unpaired) electrons. The zero-order valence-corrected chi connectivity index (χ0v) is 9.17. The molecule has 1 saturated heterocycles. The van der Waals surface area contributed by atoms with Crippen LogP contribution in [0.1, 0.15) is 22.5 Å². The third kappa shape index (κ3) is 2.30. The minimum absolute atomic E-state index is 0.133. The van der Waals surface area contributed by atoms with Crippen LogP contribution in [0.4, 0.5) is 0 Å². The first kappa shape index (κ1) is 10.9. The number of hydrogen-bond donors (Lipinski definition) is 3. The van der Waals surface area contributed by atoms with E-state index in [0.717, 1.165) is 25.2 Å². The van der Waals surface area contributed by atoms with Gasteiger partial charge in [0.1, 0.15) is 5.56 Å². The average molecular weight is 221 g/mol. The molecule has 0 unspecified atom stereocenters. The van der Waals surface area contributed by atoms with Crippen LogP contribution in [0, 0.1) is 6.92 Å². The van der Waals surface area contributed by atoms with Gasteiger partial charge in [0.15, 0.2) is 0 Å². The molecule has 0 aromatic carbocycles. The molecule has 1 aromatic rings. The van der Waals surface area contributed by atoms with Crippen LogP contribution in [0.25, 0.3) is 0 Å². The van der Waals surface area contributed by atoms with Gasteiger partial charge in [0.2, 0.25) is 0 Å². The number of pyridine rings is 1. The van der Waals surface area contributed by atoms with Crippen LogP contribution in [0.2, 0.25) is 0 Å². The van der Waals surface area contributed by atoms with Crippen LogP contribution in [-0.4, -0.2) is 30.0 Å². The van der Waals surface area contributed by atoms with Gasteiger partial charge in [-0.05, 0) is 32.0 Å². The van der Waals surface area contributed by atoms with E-state index >= 15 is 0 Å². The molecule has 0 spiro atoms. The first-order valence-electron chi connectivity index (χ1n) is 5.38. The smallest absolute Gasteiger partial charge is 0.260 e. The molecular formula is C11H15N3O2. The molecule has 3 N–H and O–H groups in total. The molecule has 1 aliphatic heterocycles. The summed E-state index contributed by atoms with van der Waals surface area (Å²) in [5.41, 5.74) is 0.602. The minimum Gasteiger partial charge on any atom is -0.348 e. The number of carbonyl (C=O) groups is 1. The molecule has 2 rings (SSSR count). The van der Waals surface area contributed by atoms with Crippen LogP contribution in [0.15, 0.2) is 16.9 Å². The third-order valence-electron chi connectivity index (χ3n) is 2.70. The lowest BCUT2D eigenvalue weighted by molar-refractivity contribution is 0.0938. The fourth-order valence-electron chi connectivity index (χ4n) is 1.79. The molecule has 1 aromatic heterocycles. The van der Waals surface area contributed by atoms with Gasteiger partial charge < -0.3 is 15.6 Å².